The minimum absolute atomic E-state index is 0.185. The van der Waals surface area contributed by atoms with Crippen molar-refractivity contribution >= 4 is 11.0 Å². The first-order chi connectivity index (χ1) is 17.0. The monoisotopic (exact) mass is 470 g/mol. The molecule has 35 heavy (non-hydrogen) atoms. The molecule has 178 valence electrons. The Balaban J connectivity index is 1.68. The van der Waals surface area contributed by atoms with Gasteiger partial charge in [-0.1, -0.05) is 29.8 Å². The standard InChI is InChI=1S/C27H26N4O4/c1-16-7-6-8-17(11-16)24-25(29-15-28-24)18-9-10-20-21(12-18)30(2)27(32)31(20)19-13-22(33-3)26(35-5)23(14-19)34-4/h6-15H,1-5H3,(H,28,29). The second-order valence-corrected chi connectivity index (χ2v) is 8.26. The van der Waals surface area contributed by atoms with Gasteiger partial charge in [0.15, 0.2) is 11.5 Å². The molecule has 3 aromatic carbocycles. The first kappa shape index (κ1) is 22.3. The maximum Gasteiger partial charge on any atom is 0.333 e. The van der Waals surface area contributed by atoms with Crippen molar-refractivity contribution in [3.05, 3.63) is 77.0 Å². The van der Waals surface area contributed by atoms with Crippen molar-refractivity contribution in [1.82, 2.24) is 19.1 Å². The highest BCUT2D eigenvalue weighted by Gasteiger charge is 2.20. The molecule has 0 spiro atoms. The van der Waals surface area contributed by atoms with Crippen molar-refractivity contribution in [2.45, 2.75) is 6.92 Å². The molecule has 1 N–H and O–H groups in total. The molecule has 2 aromatic heterocycles. The molecule has 5 rings (SSSR count). The summed E-state index contributed by atoms with van der Waals surface area (Å²) < 4.78 is 19.7. The van der Waals surface area contributed by atoms with E-state index in [9.17, 15) is 4.79 Å². The molecular formula is C27H26N4O4. The number of rotatable bonds is 6. The van der Waals surface area contributed by atoms with Crippen LogP contribution in [-0.2, 0) is 7.05 Å². The minimum atomic E-state index is -0.185. The molecule has 8 nitrogen and oxygen atoms in total. The van der Waals surface area contributed by atoms with Crippen LogP contribution in [0.15, 0.2) is 65.7 Å². The second-order valence-electron chi connectivity index (χ2n) is 8.26. The zero-order valence-electron chi connectivity index (χ0n) is 20.2. The Morgan fingerprint density at radius 3 is 2.26 bits per heavy atom. The molecule has 5 aromatic rings. The Kier molecular flexibility index (Phi) is 5.56. The van der Waals surface area contributed by atoms with E-state index in [1.165, 1.54) is 0 Å². The van der Waals surface area contributed by atoms with Gasteiger partial charge in [0.1, 0.15) is 0 Å². The molecule has 0 atom stereocenters. The number of aryl methyl sites for hydroxylation is 2. The van der Waals surface area contributed by atoms with Crippen LogP contribution in [-0.4, -0.2) is 40.4 Å². The summed E-state index contributed by atoms with van der Waals surface area (Å²) in [5.74, 6) is 1.42. The Morgan fingerprint density at radius 1 is 0.857 bits per heavy atom. The molecule has 0 bridgehead atoms. The van der Waals surface area contributed by atoms with Crippen LogP contribution >= 0.6 is 0 Å². The lowest BCUT2D eigenvalue weighted by molar-refractivity contribution is 0.324. The first-order valence-electron chi connectivity index (χ1n) is 11.1. The molecule has 2 heterocycles. The maximum absolute atomic E-state index is 13.4. The second kappa shape index (κ2) is 8.72. The normalized spacial score (nSPS) is 11.1. The molecular weight excluding hydrogens is 444 g/mol. The summed E-state index contributed by atoms with van der Waals surface area (Å²) in [6.07, 6.45) is 1.69. The lowest BCUT2D eigenvalue weighted by atomic mass is 10.0. The number of nitrogens with zero attached hydrogens (tertiary/aromatic N) is 3. The SMILES string of the molecule is COc1cc(-n2c(=O)n(C)c3cc(-c4[nH]cnc4-c4cccc(C)c4)ccc32)cc(OC)c1OC. The van der Waals surface area contributed by atoms with E-state index in [-0.39, 0.29) is 5.69 Å². The van der Waals surface area contributed by atoms with Crippen molar-refractivity contribution in [3.8, 4) is 45.5 Å². The lowest BCUT2D eigenvalue weighted by Crippen LogP contribution is -2.21. The van der Waals surface area contributed by atoms with Crippen LogP contribution in [0.1, 0.15) is 5.56 Å². The van der Waals surface area contributed by atoms with Crippen molar-refractivity contribution in [3.63, 3.8) is 0 Å². The smallest absolute Gasteiger partial charge is 0.333 e. The number of fused-ring (bicyclic) bond motifs is 1. The highest BCUT2D eigenvalue weighted by atomic mass is 16.5. The molecule has 0 amide bonds. The Labute approximate surface area is 202 Å². The third-order valence-corrected chi connectivity index (χ3v) is 6.18. The summed E-state index contributed by atoms with van der Waals surface area (Å²) in [4.78, 5) is 21.2. The van der Waals surface area contributed by atoms with Gasteiger partial charge in [0.05, 0.1) is 55.8 Å². The van der Waals surface area contributed by atoms with Gasteiger partial charge in [-0.05, 0) is 25.1 Å². The van der Waals surface area contributed by atoms with E-state index in [0.717, 1.165) is 39.1 Å². The summed E-state index contributed by atoms with van der Waals surface area (Å²) >= 11 is 0. The average Bonchev–Trinajstić information content (AvgIpc) is 3.46. The minimum Gasteiger partial charge on any atom is -0.493 e. The number of aromatic amines is 1. The molecule has 0 saturated carbocycles. The Hall–Kier alpha value is -4.46. The summed E-state index contributed by atoms with van der Waals surface area (Å²) in [7, 11) is 6.41. The number of imidazole rings is 2. The zero-order chi connectivity index (χ0) is 24.7. The van der Waals surface area contributed by atoms with Gasteiger partial charge in [0, 0.05) is 30.3 Å². The van der Waals surface area contributed by atoms with E-state index in [2.05, 4.69) is 29.0 Å². The number of benzene rings is 3. The molecule has 0 aliphatic rings. The van der Waals surface area contributed by atoms with E-state index >= 15 is 0 Å². The highest BCUT2D eigenvalue weighted by molar-refractivity contribution is 5.87. The molecule has 0 aliphatic carbocycles. The molecule has 0 saturated heterocycles. The molecule has 0 aliphatic heterocycles. The third-order valence-electron chi connectivity index (χ3n) is 6.18. The van der Waals surface area contributed by atoms with E-state index in [1.54, 1.807) is 56.0 Å². The van der Waals surface area contributed by atoms with Crippen LogP contribution in [0.5, 0.6) is 17.2 Å². The molecule has 0 fully saturated rings. The van der Waals surface area contributed by atoms with E-state index in [0.29, 0.717) is 22.9 Å². The van der Waals surface area contributed by atoms with Crippen LogP contribution < -0.4 is 19.9 Å². The number of hydrogen-bond donors (Lipinski definition) is 1. The number of hydrogen-bond acceptors (Lipinski definition) is 5. The van der Waals surface area contributed by atoms with Gasteiger partial charge in [-0.2, -0.15) is 0 Å². The summed E-state index contributed by atoms with van der Waals surface area (Å²) in [6, 6.07) is 17.7. The predicted octanol–water partition coefficient (Wildman–Crippen LogP) is 4.72. The zero-order valence-corrected chi connectivity index (χ0v) is 20.2. The fourth-order valence-electron chi connectivity index (χ4n) is 4.46. The predicted molar refractivity (Wildman–Crippen MR) is 136 cm³/mol. The van der Waals surface area contributed by atoms with Crippen LogP contribution in [0.25, 0.3) is 39.2 Å². The van der Waals surface area contributed by atoms with Crippen LogP contribution in [0, 0.1) is 6.92 Å². The van der Waals surface area contributed by atoms with E-state index in [1.807, 2.05) is 30.3 Å². The van der Waals surface area contributed by atoms with Crippen LogP contribution in [0.3, 0.4) is 0 Å². The van der Waals surface area contributed by atoms with Gasteiger partial charge in [-0.25, -0.2) is 9.78 Å². The fourth-order valence-corrected chi connectivity index (χ4v) is 4.46. The van der Waals surface area contributed by atoms with Gasteiger partial charge in [0.25, 0.3) is 0 Å². The van der Waals surface area contributed by atoms with Gasteiger partial charge in [0.2, 0.25) is 5.75 Å². The first-order valence-corrected chi connectivity index (χ1v) is 11.1. The topological polar surface area (TPSA) is 83.3 Å². The van der Waals surface area contributed by atoms with Crippen molar-refractivity contribution in [2.24, 2.45) is 7.05 Å². The van der Waals surface area contributed by atoms with Crippen LogP contribution in [0.4, 0.5) is 0 Å². The number of ether oxygens (including phenoxy) is 3. The van der Waals surface area contributed by atoms with Crippen molar-refractivity contribution < 1.29 is 14.2 Å². The Morgan fingerprint density at radius 2 is 1.60 bits per heavy atom. The number of H-pyrrole nitrogens is 1. The van der Waals surface area contributed by atoms with Gasteiger partial charge >= 0.3 is 5.69 Å². The number of aromatic nitrogens is 4. The lowest BCUT2D eigenvalue weighted by Gasteiger charge is -2.14. The summed E-state index contributed by atoms with van der Waals surface area (Å²) in [6.45, 7) is 2.06. The fraction of sp³-hybridized carbons (Fsp3) is 0.185. The quantitative estimate of drug-likeness (QED) is 0.388. The third kappa shape index (κ3) is 3.63. The van der Waals surface area contributed by atoms with E-state index < -0.39 is 0 Å². The molecule has 0 unspecified atom stereocenters. The average molecular weight is 471 g/mol. The molecule has 0 radical (unpaired) electrons. The Bertz CT molecular complexity index is 1580. The van der Waals surface area contributed by atoms with Gasteiger partial charge in [-0.3, -0.25) is 9.13 Å². The van der Waals surface area contributed by atoms with Crippen molar-refractivity contribution in [1.29, 1.82) is 0 Å². The van der Waals surface area contributed by atoms with E-state index in [4.69, 9.17) is 14.2 Å². The summed E-state index contributed by atoms with van der Waals surface area (Å²) in [5.41, 5.74) is 6.86. The number of nitrogens with one attached hydrogen (secondary N) is 1. The summed E-state index contributed by atoms with van der Waals surface area (Å²) in [5, 5.41) is 0. The van der Waals surface area contributed by atoms with Crippen molar-refractivity contribution in [2.75, 3.05) is 21.3 Å². The number of methoxy groups -OCH3 is 3. The van der Waals surface area contributed by atoms with Crippen LogP contribution in [0.2, 0.25) is 0 Å². The maximum atomic E-state index is 13.4. The highest BCUT2D eigenvalue weighted by Crippen LogP contribution is 2.40. The molecule has 8 heteroatoms. The largest absolute Gasteiger partial charge is 0.493 e. The van der Waals surface area contributed by atoms with Gasteiger partial charge in [-0.15, -0.1) is 0 Å². The van der Waals surface area contributed by atoms with Gasteiger partial charge < -0.3 is 19.2 Å².